The summed E-state index contributed by atoms with van der Waals surface area (Å²) in [6.45, 7) is 6.25. The molecule has 0 bridgehead atoms. The van der Waals surface area contributed by atoms with Gasteiger partial charge in [0.1, 0.15) is 0 Å². The molecule has 0 radical (unpaired) electrons. The van der Waals surface area contributed by atoms with Gasteiger partial charge in [-0.05, 0) is 73.7 Å². The zero-order valence-electron chi connectivity index (χ0n) is 23.0. The first-order chi connectivity index (χ1) is 19.9. The smallest absolute Gasteiger partial charge is 0.338 e. The minimum absolute atomic E-state index is 0.203. The van der Waals surface area contributed by atoms with E-state index in [-0.39, 0.29) is 12.2 Å². The van der Waals surface area contributed by atoms with Crippen molar-refractivity contribution in [3.05, 3.63) is 125 Å². The maximum absolute atomic E-state index is 14.1. The topological polar surface area (TPSA) is 63.9 Å². The number of hydrogen-bond acceptors (Lipinski definition) is 6. The molecule has 0 saturated carbocycles. The number of aryl methyl sites for hydroxylation is 1. The summed E-state index contributed by atoms with van der Waals surface area (Å²) in [5.74, 6) is -0.502. The number of aromatic nitrogens is 1. The maximum atomic E-state index is 14.1. The van der Waals surface area contributed by atoms with E-state index in [1.54, 1.807) is 23.6 Å². The number of benzene rings is 3. The number of halogens is 1. The molecule has 8 heteroatoms. The van der Waals surface area contributed by atoms with E-state index in [9.17, 15) is 9.59 Å². The normalized spacial score (nSPS) is 17.0. The molecular formula is C33H30ClN3O3S. The fourth-order valence-electron chi connectivity index (χ4n) is 5.63. The van der Waals surface area contributed by atoms with Crippen LogP contribution in [0.5, 0.6) is 0 Å². The fourth-order valence-corrected chi connectivity index (χ4v) is 6.76. The Hall–Kier alpha value is -3.94. The molecule has 6 nitrogen and oxygen atoms in total. The molecule has 4 aromatic rings. The quantitative estimate of drug-likeness (QED) is 0.281. The first-order valence-corrected chi connectivity index (χ1v) is 15.0. The summed E-state index contributed by atoms with van der Waals surface area (Å²) >= 11 is 7.54. The van der Waals surface area contributed by atoms with Crippen molar-refractivity contribution in [3.63, 3.8) is 0 Å². The zero-order chi connectivity index (χ0) is 28.5. The van der Waals surface area contributed by atoms with Crippen LogP contribution in [-0.2, 0) is 9.53 Å². The van der Waals surface area contributed by atoms with Gasteiger partial charge in [0.15, 0.2) is 4.80 Å². The minimum Gasteiger partial charge on any atom is -0.463 e. The zero-order valence-corrected chi connectivity index (χ0v) is 24.5. The molecule has 1 aromatic heterocycles. The summed E-state index contributed by atoms with van der Waals surface area (Å²) in [5, 5.41) is 0.568. The Morgan fingerprint density at radius 3 is 2.49 bits per heavy atom. The van der Waals surface area contributed by atoms with Gasteiger partial charge >= 0.3 is 5.97 Å². The average Bonchev–Trinajstić information content (AvgIpc) is 3.62. The lowest BCUT2D eigenvalue weighted by Crippen LogP contribution is -2.40. The second-order valence-electron chi connectivity index (χ2n) is 10.2. The van der Waals surface area contributed by atoms with Crippen LogP contribution < -0.4 is 19.8 Å². The van der Waals surface area contributed by atoms with Crippen LogP contribution in [0.4, 0.5) is 5.69 Å². The minimum atomic E-state index is -0.723. The number of carbonyl (C=O) groups excluding carboxylic acids is 1. The molecule has 3 heterocycles. The Morgan fingerprint density at radius 1 is 1.07 bits per heavy atom. The predicted molar refractivity (Wildman–Crippen MR) is 165 cm³/mol. The fraction of sp³-hybridized carbons (Fsp3) is 0.242. The number of fused-ring (bicyclic) bond motifs is 1. The van der Waals surface area contributed by atoms with Crippen LogP contribution >= 0.6 is 22.9 Å². The number of nitrogens with zero attached hydrogens (tertiary/aromatic N) is 3. The van der Waals surface area contributed by atoms with Gasteiger partial charge in [-0.2, -0.15) is 0 Å². The monoisotopic (exact) mass is 583 g/mol. The molecule has 1 saturated heterocycles. The molecule has 0 aliphatic carbocycles. The predicted octanol–water partition coefficient (Wildman–Crippen LogP) is 5.50. The van der Waals surface area contributed by atoms with Crippen molar-refractivity contribution < 1.29 is 9.53 Å². The first kappa shape index (κ1) is 27.2. The molecule has 3 aromatic carbocycles. The molecule has 0 spiro atoms. The highest BCUT2D eigenvalue weighted by atomic mass is 35.5. The third kappa shape index (κ3) is 5.27. The summed E-state index contributed by atoms with van der Waals surface area (Å²) in [7, 11) is 0. The molecular weight excluding hydrogens is 554 g/mol. The Bertz CT molecular complexity index is 1820. The SMILES string of the molecule is CCOC(=O)C1=C(c2ccccc2)N=c2sc(=Cc3ccc(N4CCCC4)c(C)c3)c(=O)n2C1c1ccc(Cl)cc1. The molecule has 2 aliphatic rings. The number of ether oxygens (including phenoxy) is 1. The Morgan fingerprint density at radius 2 is 1.80 bits per heavy atom. The lowest BCUT2D eigenvalue weighted by molar-refractivity contribution is -0.138. The average molecular weight is 584 g/mol. The van der Waals surface area contributed by atoms with Crippen molar-refractivity contribution in [1.82, 2.24) is 4.57 Å². The van der Waals surface area contributed by atoms with Gasteiger partial charge in [0.05, 0.1) is 28.5 Å². The van der Waals surface area contributed by atoms with Crippen LogP contribution in [0.2, 0.25) is 5.02 Å². The summed E-state index contributed by atoms with van der Waals surface area (Å²) in [5.41, 5.74) is 5.53. The van der Waals surface area contributed by atoms with Gasteiger partial charge in [-0.1, -0.05) is 71.5 Å². The number of rotatable bonds is 6. The number of carbonyl (C=O) groups is 1. The number of esters is 1. The van der Waals surface area contributed by atoms with E-state index in [1.165, 1.54) is 35.4 Å². The molecule has 1 unspecified atom stereocenters. The third-order valence-corrected chi connectivity index (χ3v) is 8.76. The van der Waals surface area contributed by atoms with E-state index in [4.69, 9.17) is 21.3 Å². The first-order valence-electron chi connectivity index (χ1n) is 13.8. The van der Waals surface area contributed by atoms with Gasteiger partial charge in [0, 0.05) is 29.4 Å². The van der Waals surface area contributed by atoms with E-state index in [1.807, 2.05) is 48.5 Å². The Kier molecular flexibility index (Phi) is 7.65. The van der Waals surface area contributed by atoms with Crippen molar-refractivity contribution in [1.29, 1.82) is 0 Å². The van der Waals surface area contributed by atoms with E-state index in [0.29, 0.717) is 25.6 Å². The van der Waals surface area contributed by atoms with E-state index < -0.39 is 12.0 Å². The van der Waals surface area contributed by atoms with Gasteiger partial charge in [-0.15, -0.1) is 0 Å². The van der Waals surface area contributed by atoms with Crippen LogP contribution in [0.15, 0.2) is 88.2 Å². The number of thiazole rings is 1. The third-order valence-electron chi connectivity index (χ3n) is 7.52. The van der Waals surface area contributed by atoms with Gasteiger partial charge in [-0.25, -0.2) is 9.79 Å². The summed E-state index contributed by atoms with van der Waals surface area (Å²) in [6.07, 6.45) is 4.35. The van der Waals surface area contributed by atoms with Gasteiger partial charge in [-0.3, -0.25) is 9.36 Å². The largest absolute Gasteiger partial charge is 0.463 e. The van der Waals surface area contributed by atoms with Crippen LogP contribution in [0.25, 0.3) is 11.8 Å². The number of anilines is 1. The van der Waals surface area contributed by atoms with Crippen LogP contribution in [0.3, 0.4) is 0 Å². The molecule has 0 amide bonds. The molecule has 2 aliphatic heterocycles. The molecule has 1 fully saturated rings. The van der Waals surface area contributed by atoms with Crippen molar-refractivity contribution in [2.75, 3.05) is 24.6 Å². The lowest BCUT2D eigenvalue weighted by Gasteiger charge is -2.26. The number of hydrogen-bond donors (Lipinski definition) is 0. The van der Waals surface area contributed by atoms with Crippen molar-refractivity contribution in [3.8, 4) is 0 Å². The van der Waals surface area contributed by atoms with Crippen molar-refractivity contribution >= 4 is 46.4 Å². The Labute approximate surface area is 247 Å². The Balaban J connectivity index is 1.55. The van der Waals surface area contributed by atoms with Gasteiger partial charge in [0.2, 0.25) is 0 Å². The van der Waals surface area contributed by atoms with Crippen LogP contribution in [0, 0.1) is 6.92 Å². The van der Waals surface area contributed by atoms with E-state index >= 15 is 0 Å². The van der Waals surface area contributed by atoms with E-state index in [0.717, 1.165) is 29.8 Å². The highest BCUT2D eigenvalue weighted by Gasteiger charge is 2.35. The summed E-state index contributed by atoms with van der Waals surface area (Å²) in [4.78, 5) is 35.5. The highest BCUT2D eigenvalue weighted by Crippen LogP contribution is 2.35. The van der Waals surface area contributed by atoms with Crippen LogP contribution in [-0.4, -0.2) is 30.2 Å². The van der Waals surface area contributed by atoms with Gasteiger partial charge in [0.25, 0.3) is 5.56 Å². The molecule has 208 valence electrons. The molecule has 41 heavy (non-hydrogen) atoms. The van der Waals surface area contributed by atoms with Crippen molar-refractivity contribution in [2.24, 2.45) is 4.99 Å². The van der Waals surface area contributed by atoms with Crippen molar-refractivity contribution in [2.45, 2.75) is 32.7 Å². The van der Waals surface area contributed by atoms with Gasteiger partial charge < -0.3 is 9.64 Å². The summed E-state index contributed by atoms with van der Waals surface area (Å²) in [6, 6.07) is 22.4. The molecule has 1 atom stereocenters. The van der Waals surface area contributed by atoms with E-state index in [2.05, 4.69) is 30.0 Å². The highest BCUT2D eigenvalue weighted by molar-refractivity contribution is 7.07. The second kappa shape index (κ2) is 11.5. The lowest BCUT2D eigenvalue weighted by atomic mass is 9.93. The van der Waals surface area contributed by atoms with Crippen LogP contribution in [0.1, 0.15) is 48.1 Å². The molecule has 6 rings (SSSR count). The standard InChI is InChI=1S/C33H30ClN3O3S/c1-3-40-32(39)28-29(23-9-5-4-6-10-23)35-33-37(30(28)24-12-14-25(34)15-13-24)31(38)27(41-33)20-22-11-16-26(21(2)19-22)36-17-7-8-18-36/h4-6,9-16,19-20,30H,3,7-8,17-18H2,1-2H3. The second-order valence-corrected chi connectivity index (χ2v) is 11.7. The molecule has 0 N–H and O–H groups in total. The maximum Gasteiger partial charge on any atom is 0.338 e. The summed E-state index contributed by atoms with van der Waals surface area (Å²) < 4.78 is 7.69.